The average molecular weight is 264 g/mol. The smallest absolute Gasteiger partial charge is 0.258 e. The zero-order valence-corrected chi connectivity index (χ0v) is 11.4. The molecule has 4 heteroatoms. The van der Waals surface area contributed by atoms with Crippen LogP contribution in [0, 0.1) is 6.92 Å². The van der Waals surface area contributed by atoms with E-state index in [9.17, 15) is 8.42 Å². The summed E-state index contributed by atoms with van der Waals surface area (Å²) < 4.78 is 29.2. The van der Waals surface area contributed by atoms with E-state index in [0.717, 1.165) is 11.1 Å². The van der Waals surface area contributed by atoms with Gasteiger partial charge in [-0.25, -0.2) is 0 Å². The monoisotopic (exact) mass is 264 g/mol. The molecule has 0 spiro atoms. The van der Waals surface area contributed by atoms with Crippen molar-refractivity contribution < 1.29 is 12.6 Å². The van der Waals surface area contributed by atoms with E-state index in [1.54, 1.807) is 12.1 Å². The molecule has 2 rings (SSSR count). The molecule has 0 radical (unpaired) electrons. The van der Waals surface area contributed by atoms with Crippen molar-refractivity contribution in [2.75, 3.05) is 0 Å². The van der Waals surface area contributed by atoms with Gasteiger partial charge in [-0.2, -0.15) is 8.42 Å². The zero-order valence-electron chi connectivity index (χ0n) is 10.6. The molecule has 1 aliphatic heterocycles. The third kappa shape index (κ3) is 2.26. The maximum absolute atomic E-state index is 12.0. The summed E-state index contributed by atoms with van der Waals surface area (Å²) in [6.45, 7) is 11.5. The SMILES string of the molecule is C=C(C)CC1OS(=O)(=O)c2ccc(C)cc2C1=C. The fourth-order valence-electron chi connectivity index (χ4n) is 2.02. The van der Waals surface area contributed by atoms with E-state index in [4.69, 9.17) is 4.18 Å². The Kier molecular flexibility index (Phi) is 3.17. The largest absolute Gasteiger partial charge is 0.298 e. The Labute approximate surface area is 108 Å². The van der Waals surface area contributed by atoms with Gasteiger partial charge >= 0.3 is 0 Å². The minimum absolute atomic E-state index is 0.205. The Morgan fingerprint density at radius 3 is 2.72 bits per heavy atom. The van der Waals surface area contributed by atoms with Gasteiger partial charge in [-0.1, -0.05) is 29.8 Å². The molecule has 0 fully saturated rings. The van der Waals surface area contributed by atoms with Crippen molar-refractivity contribution in [1.82, 2.24) is 0 Å². The molecule has 1 aromatic carbocycles. The molecule has 0 bridgehead atoms. The second kappa shape index (κ2) is 4.37. The Balaban J connectivity index is 2.56. The number of benzene rings is 1. The summed E-state index contributed by atoms with van der Waals surface area (Å²) in [7, 11) is -3.69. The van der Waals surface area contributed by atoms with Crippen LogP contribution >= 0.6 is 0 Å². The van der Waals surface area contributed by atoms with Gasteiger partial charge in [0.05, 0.1) is 0 Å². The van der Waals surface area contributed by atoms with Gasteiger partial charge in [0.25, 0.3) is 10.1 Å². The minimum atomic E-state index is -3.69. The highest BCUT2D eigenvalue weighted by molar-refractivity contribution is 7.87. The maximum Gasteiger partial charge on any atom is 0.298 e. The van der Waals surface area contributed by atoms with Gasteiger partial charge < -0.3 is 0 Å². The first-order valence-corrected chi connectivity index (χ1v) is 7.09. The van der Waals surface area contributed by atoms with E-state index in [1.807, 2.05) is 19.9 Å². The van der Waals surface area contributed by atoms with Crippen molar-refractivity contribution in [3.05, 3.63) is 48.1 Å². The third-order valence-corrected chi connectivity index (χ3v) is 4.30. The lowest BCUT2D eigenvalue weighted by molar-refractivity contribution is 0.258. The van der Waals surface area contributed by atoms with Crippen molar-refractivity contribution in [1.29, 1.82) is 0 Å². The number of hydrogen-bond donors (Lipinski definition) is 0. The van der Waals surface area contributed by atoms with E-state index in [1.165, 1.54) is 0 Å². The number of rotatable bonds is 2. The molecule has 18 heavy (non-hydrogen) atoms. The van der Waals surface area contributed by atoms with E-state index in [0.29, 0.717) is 17.6 Å². The van der Waals surface area contributed by atoms with Gasteiger partial charge in [0.1, 0.15) is 11.0 Å². The van der Waals surface area contributed by atoms with Gasteiger partial charge in [-0.05, 0) is 31.9 Å². The lowest BCUT2D eigenvalue weighted by Crippen LogP contribution is -2.26. The predicted octanol–water partition coefficient (Wildman–Crippen LogP) is 3.06. The van der Waals surface area contributed by atoms with Crippen LogP contribution < -0.4 is 0 Å². The fourth-order valence-corrected chi connectivity index (χ4v) is 3.31. The first-order chi connectivity index (χ1) is 8.31. The van der Waals surface area contributed by atoms with Crippen molar-refractivity contribution in [2.24, 2.45) is 0 Å². The van der Waals surface area contributed by atoms with Crippen molar-refractivity contribution >= 4 is 15.7 Å². The first kappa shape index (κ1) is 13.1. The Bertz CT molecular complexity index is 626. The molecule has 96 valence electrons. The summed E-state index contributed by atoms with van der Waals surface area (Å²) in [5, 5.41) is 0. The zero-order chi connectivity index (χ0) is 13.5. The molecule has 0 N–H and O–H groups in total. The highest BCUT2D eigenvalue weighted by atomic mass is 32.2. The van der Waals surface area contributed by atoms with E-state index >= 15 is 0 Å². The molecule has 1 heterocycles. The molecule has 1 aromatic rings. The highest BCUT2D eigenvalue weighted by Crippen LogP contribution is 2.36. The molecule has 1 aliphatic rings. The molecule has 3 nitrogen and oxygen atoms in total. The molecule has 1 unspecified atom stereocenters. The van der Waals surface area contributed by atoms with Crippen molar-refractivity contribution in [3.8, 4) is 0 Å². The van der Waals surface area contributed by atoms with E-state index in [2.05, 4.69) is 13.2 Å². The van der Waals surface area contributed by atoms with Crippen LogP contribution in [0.2, 0.25) is 0 Å². The normalized spacial score (nSPS) is 21.4. The lowest BCUT2D eigenvalue weighted by atomic mass is 9.96. The summed E-state index contributed by atoms with van der Waals surface area (Å²) in [4.78, 5) is 0.205. The minimum Gasteiger partial charge on any atom is -0.258 e. The van der Waals surface area contributed by atoms with Crippen LogP contribution in [-0.4, -0.2) is 14.5 Å². The number of fused-ring (bicyclic) bond motifs is 1. The van der Waals surface area contributed by atoms with Crippen molar-refractivity contribution in [2.45, 2.75) is 31.3 Å². The van der Waals surface area contributed by atoms with E-state index in [-0.39, 0.29) is 4.90 Å². The van der Waals surface area contributed by atoms with Gasteiger partial charge in [0.2, 0.25) is 0 Å². The second-order valence-corrected chi connectivity index (χ2v) is 6.27. The fraction of sp³-hybridized carbons (Fsp3) is 0.286. The molecule has 0 aromatic heterocycles. The summed E-state index contributed by atoms with van der Waals surface area (Å²) in [6.07, 6.45) is -0.0763. The summed E-state index contributed by atoms with van der Waals surface area (Å²) in [5.74, 6) is 0. The van der Waals surface area contributed by atoms with Gasteiger partial charge in [0, 0.05) is 5.56 Å². The molecular formula is C14H16O3S. The molecule has 0 amide bonds. The summed E-state index contributed by atoms with van der Waals surface area (Å²) >= 11 is 0. The van der Waals surface area contributed by atoms with Crippen LogP contribution in [-0.2, 0) is 14.3 Å². The Morgan fingerprint density at radius 1 is 1.44 bits per heavy atom. The molecule has 0 saturated carbocycles. The number of hydrogen-bond acceptors (Lipinski definition) is 3. The van der Waals surface area contributed by atoms with Gasteiger partial charge in [0.15, 0.2) is 0 Å². The Morgan fingerprint density at radius 2 is 2.11 bits per heavy atom. The summed E-state index contributed by atoms with van der Waals surface area (Å²) in [5.41, 5.74) is 3.23. The average Bonchev–Trinajstić information content (AvgIpc) is 2.24. The molecule has 0 aliphatic carbocycles. The molecule has 0 saturated heterocycles. The van der Waals surface area contributed by atoms with Crippen LogP contribution in [0.5, 0.6) is 0 Å². The van der Waals surface area contributed by atoms with Crippen LogP contribution in [0.1, 0.15) is 24.5 Å². The van der Waals surface area contributed by atoms with Crippen LogP contribution in [0.3, 0.4) is 0 Å². The van der Waals surface area contributed by atoms with Crippen LogP contribution in [0.25, 0.3) is 5.57 Å². The number of aryl methyl sites for hydroxylation is 1. The predicted molar refractivity (Wildman–Crippen MR) is 71.7 cm³/mol. The lowest BCUT2D eigenvalue weighted by Gasteiger charge is -2.27. The van der Waals surface area contributed by atoms with Gasteiger partial charge in [-0.3, -0.25) is 4.18 Å². The maximum atomic E-state index is 12.0. The Hall–Kier alpha value is -1.39. The van der Waals surface area contributed by atoms with Crippen LogP contribution in [0.15, 0.2) is 41.8 Å². The second-order valence-electron chi connectivity index (χ2n) is 4.73. The highest BCUT2D eigenvalue weighted by Gasteiger charge is 2.33. The van der Waals surface area contributed by atoms with Crippen LogP contribution in [0.4, 0.5) is 0 Å². The summed E-state index contributed by atoms with van der Waals surface area (Å²) in [6, 6.07) is 5.16. The molecular weight excluding hydrogens is 248 g/mol. The quantitative estimate of drug-likeness (QED) is 0.609. The van der Waals surface area contributed by atoms with E-state index < -0.39 is 16.2 Å². The first-order valence-electron chi connectivity index (χ1n) is 5.69. The molecule has 1 atom stereocenters. The van der Waals surface area contributed by atoms with Crippen molar-refractivity contribution in [3.63, 3.8) is 0 Å². The van der Waals surface area contributed by atoms with Gasteiger partial charge in [-0.15, -0.1) is 6.58 Å². The standard InChI is InChI=1S/C14H16O3S/c1-9(2)7-13-11(4)12-8-10(3)5-6-14(12)18(15,16)17-13/h5-6,8,13H,1,4,7H2,2-3H3. The third-order valence-electron chi connectivity index (χ3n) is 2.92. The topological polar surface area (TPSA) is 43.4 Å².